The summed E-state index contributed by atoms with van der Waals surface area (Å²) < 4.78 is 0. The molecular weight excluding hydrogens is 166 g/mol. The molecule has 0 heterocycles. The monoisotopic (exact) mass is 177 g/mol. The van der Waals surface area contributed by atoms with Gasteiger partial charge in [0.2, 0.25) is 0 Å². The minimum absolute atomic E-state index is 0.452. The van der Waals surface area contributed by atoms with E-state index in [1.807, 2.05) is 18.2 Å². The first-order valence-corrected chi connectivity index (χ1v) is 3.84. The Morgan fingerprint density at radius 3 is 2.38 bits per heavy atom. The minimum Gasteiger partial charge on any atom is -0.503 e. The molecule has 0 aliphatic heterocycles. The Balaban J connectivity index is 2.86. The van der Waals surface area contributed by atoms with Crippen molar-refractivity contribution in [2.75, 3.05) is 11.9 Å². The number of hydrogen-bond donors (Lipinski definition) is 1. The summed E-state index contributed by atoms with van der Waals surface area (Å²) in [6.45, 7) is 3.17. The Hall–Kier alpha value is -1.77. The maximum absolute atomic E-state index is 11.2. The molecule has 0 atom stereocenters. The van der Waals surface area contributed by atoms with Crippen LogP contribution in [-0.4, -0.2) is 18.1 Å². The molecule has 0 fully saturated rings. The molecule has 1 N–H and O–H groups in total. The van der Waals surface area contributed by atoms with E-state index in [9.17, 15) is 4.79 Å². The first-order valence-electron chi connectivity index (χ1n) is 3.84. The number of aliphatic hydroxyl groups is 1. The number of anilines is 1. The molecule has 68 valence electrons. The number of amides is 1. The van der Waals surface area contributed by atoms with Crippen molar-refractivity contribution in [3.05, 3.63) is 42.7 Å². The van der Waals surface area contributed by atoms with E-state index in [2.05, 4.69) is 6.58 Å². The van der Waals surface area contributed by atoms with E-state index >= 15 is 0 Å². The van der Waals surface area contributed by atoms with Crippen molar-refractivity contribution >= 4 is 11.6 Å². The van der Waals surface area contributed by atoms with E-state index in [1.54, 1.807) is 19.2 Å². The van der Waals surface area contributed by atoms with Crippen molar-refractivity contribution in [1.29, 1.82) is 0 Å². The molecule has 0 bridgehead atoms. The molecule has 0 unspecified atom stereocenters. The Morgan fingerprint density at radius 1 is 1.38 bits per heavy atom. The zero-order valence-electron chi connectivity index (χ0n) is 7.40. The van der Waals surface area contributed by atoms with Gasteiger partial charge in [-0.3, -0.25) is 4.79 Å². The van der Waals surface area contributed by atoms with Crippen LogP contribution in [0.3, 0.4) is 0 Å². The number of para-hydroxylation sites is 1. The Labute approximate surface area is 76.9 Å². The molecule has 1 aromatic carbocycles. The van der Waals surface area contributed by atoms with Gasteiger partial charge in [-0.1, -0.05) is 24.8 Å². The SMILES string of the molecule is C=C(O)C(=O)N(C)c1ccccc1. The van der Waals surface area contributed by atoms with Crippen LogP contribution in [0.4, 0.5) is 5.69 Å². The number of rotatable bonds is 2. The number of hydrogen-bond acceptors (Lipinski definition) is 2. The fraction of sp³-hybridized carbons (Fsp3) is 0.100. The van der Waals surface area contributed by atoms with Gasteiger partial charge in [0.05, 0.1) is 0 Å². The van der Waals surface area contributed by atoms with E-state index in [1.165, 1.54) is 4.90 Å². The molecule has 1 rings (SSSR count). The topological polar surface area (TPSA) is 40.5 Å². The minimum atomic E-state index is -0.494. The highest BCUT2D eigenvalue weighted by Gasteiger charge is 2.12. The quantitative estimate of drug-likeness (QED) is 0.552. The lowest BCUT2D eigenvalue weighted by Gasteiger charge is -2.15. The summed E-state index contributed by atoms with van der Waals surface area (Å²) in [4.78, 5) is 12.6. The molecule has 0 radical (unpaired) electrons. The second kappa shape index (κ2) is 3.76. The van der Waals surface area contributed by atoms with Crippen LogP contribution < -0.4 is 4.90 Å². The number of nitrogens with zero attached hydrogens (tertiary/aromatic N) is 1. The first kappa shape index (κ1) is 9.32. The van der Waals surface area contributed by atoms with Gasteiger partial charge in [0.25, 0.3) is 5.91 Å². The molecule has 1 aromatic rings. The van der Waals surface area contributed by atoms with Gasteiger partial charge in [-0.25, -0.2) is 0 Å². The molecule has 0 saturated carbocycles. The second-order valence-electron chi connectivity index (χ2n) is 2.65. The van der Waals surface area contributed by atoms with E-state index < -0.39 is 11.7 Å². The van der Waals surface area contributed by atoms with E-state index in [0.29, 0.717) is 0 Å². The average Bonchev–Trinajstić information content (AvgIpc) is 2.17. The second-order valence-corrected chi connectivity index (χ2v) is 2.65. The van der Waals surface area contributed by atoms with Gasteiger partial charge in [0.1, 0.15) is 0 Å². The van der Waals surface area contributed by atoms with Crippen LogP contribution in [0.15, 0.2) is 42.7 Å². The fourth-order valence-electron chi connectivity index (χ4n) is 0.962. The third-order valence-corrected chi connectivity index (χ3v) is 1.69. The highest BCUT2D eigenvalue weighted by molar-refractivity contribution is 6.02. The van der Waals surface area contributed by atoms with Crippen LogP contribution in [0, 0.1) is 0 Å². The summed E-state index contributed by atoms with van der Waals surface area (Å²) >= 11 is 0. The van der Waals surface area contributed by atoms with E-state index in [0.717, 1.165) is 5.69 Å². The number of benzene rings is 1. The van der Waals surface area contributed by atoms with Crippen LogP contribution >= 0.6 is 0 Å². The predicted octanol–water partition coefficient (Wildman–Crippen LogP) is 1.72. The average molecular weight is 177 g/mol. The van der Waals surface area contributed by atoms with E-state index in [4.69, 9.17) is 5.11 Å². The molecule has 0 aliphatic rings. The number of aliphatic hydroxyl groups excluding tert-OH is 1. The molecule has 0 aromatic heterocycles. The molecule has 1 amide bonds. The van der Waals surface area contributed by atoms with E-state index in [-0.39, 0.29) is 0 Å². The Morgan fingerprint density at radius 2 is 1.92 bits per heavy atom. The van der Waals surface area contributed by atoms with Crippen molar-refractivity contribution in [2.24, 2.45) is 0 Å². The van der Waals surface area contributed by atoms with Crippen LogP contribution in [0.5, 0.6) is 0 Å². The first-order chi connectivity index (χ1) is 6.13. The van der Waals surface area contributed by atoms with Gasteiger partial charge < -0.3 is 10.0 Å². The largest absolute Gasteiger partial charge is 0.503 e. The molecule has 0 spiro atoms. The molecule has 0 saturated heterocycles. The van der Waals surface area contributed by atoms with Gasteiger partial charge in [0.15, 0.2) is 5.76 Å². The number of carbonyl (C=O) groups excluding carboxylic acids is 1. The third-order valence-electron chi connectivity index (χ3n) is 1.69. The molecule has 0 aliphatic carbocycles. The van der Waals surface area contributed by atoms with Gasteiger partial charge in [-0.05, 0) is 12.1 Å². The fourth-order valence-corrected chi connectivity index (χ4v) is 0.962. The van der Waals surface area contributed by atoms with Crippen LogP contribution in [-0.2, 0) is 4.79 Å². The van der Waals surface area contributed by atoms with Crippen LogP contribution in [0.1, 0.15) is 0 Å². The van der Waals surface area contributed by atoms with Crippen molar-refractivity contribution < 1.29 is 9.90 Å². The normalized spacial score (nSPS) is 9.31. The summed E-state index contributed by atoms with van der Waals surface area (Å²) in [6.07, 6.45) is 0. The van der Waals surface area contributed by atoms with Crippen molar-refractivity contribution in [1.82, 2.24) is 0 Å². The van der Waals surface area contributed by atoms with Crippen LogP contribution in [0.2, 0.25) is 0 Å². The zero-order chi connectivity index (χ0) is 9.84. The smallest absolute Gasteiger partial charge is 0.292 e. The standard InChI is InChI=1S/C10H11NO2/c1-8(12)10(13)11(2)9-6-4-3-5-7-9/h3-7,12H,1H2,2H3. The van der Waals surface area contributed by atoms with Crippen molar-refractivity contribution in [2.45, 2.75) is 0 Å². The predicted molar refractivity (Wildman–Crippen MR) is 51.6 cm³/mol. The molecular formula is C10H11NO2. The maximum Gasteiger partial charge on any atom is 0.292 e. The van der Waals surface area contributed by atoms with Gasteiger partial charge in [0, 0.05) is 12.7 Å². The van der Waals surface area contributed by atoms with Gasteiger partial charge in [-0.2, -0.15) is 0 Å². The Kier molecular flexibility index (Phi) is 2.69. The lowest BCUT2D eigenvalue weighted by Crippen LogP contribution is -2.27. The molecule has 3 heteroatoms. The summed E-state index contributed by atoms with van der Waals surface area (Å²) in [5, 5.41) is 8.87. The lowest BCUT2D eigenvalue weighted by atomic mass is 10.3. The summed E-state index contributed by atoms with van der Waals surface area (Å²) in [6, 6.07) is 9.05. The zero-order valence-corrected chi connectivity index (χ0v) is 7.40. The van der Waals surface area contributed by atoms with Crippen molar-refractivity contribution in [3.8, 4) is 0 Å². The summed E-state index contributed by atoms with van der Waals surface area (Å²) in [7, 11) is 1.58. The summed E-state index contributed by atoms with van der Waals surface area (Å²) in [5.41, 5.74) is 0.725. The maximum atomic E-state index is 11.2. The number of likely N-dealkylation sites (N-methyl/N-ethyl adjacent to an activating group) is 1. The van der Waals surface area contributed by atoms with Crippen LogP contribution in [0.25, 0.3) is 0 Å². The number of carbonyl (C=O) groups is 1. The highest BCUT2D eigenvalue weighted by Crippen LogP contribution is 2.12. The highest BCUT2D eigenvalue weighted by atomic mass is 16.3. The van der Waals surface area contributed by atoms with Gasteiger partial charge >= 0.3 is 0 Å². The van der Waals surface area contributed by atoms with Crippen molar-refractivity contribution in [3.63, 3.8) is 0 Å². The summed E-state index contributed by atoms with van der Waals surface area (Å²) in [5.74, 6) is -0.947. The molecule has 13 heavy (non-hydrogen) atoms. The Bertz CT molecular complexity index is 319. The molecule has 3 nitrogen and oxygen atoms in total. The third kappa shape index (κ3) is 2.08. The lowest BCUT2D eigenvalue weighted by molar-refractivity contribution is -0.117. The van der Waals surface area contributed by atoms with Gasteiger partial charge in [-0.15, -0.1) is 0 Å².